The highest BCUT2D eigenvalue weighted by Gasteiger charge is 2.30. The first kappa shape index (κ1) is 19.2. The van der Waals surface area contributed by atoms with Crippen molar-refractivity contribution in [3.8, 4) is 6.07 Å². The van der Waals surface area contributed by atoms with Gasteiger partial charge in [-0.2, -0.15) is 10.4 Å². The molecule has 0 spiro atoms. The lowest BCUT2D eigenvalue weighted by Gasteiger charge is -2.27. The van der Waals surface area contributed by atoms with E-state index in [1.807, 2.05) is 0 Å². The minimum absolute atomic E-state index is 0.201. The zero-order chi connectivity index (χ0) is 20.6. The van der Waals surface area contributed by atoms with Crippen molar-refractivity contribution in [2.75, 3.05) is 24.8 Å². The van der Waals surface area contributed by atoms with Crippen LogP contribution < -0.4 is 10.9 Å². The minimum atomic E-state index is -3.30. The minimum Gasteiger partial charge on any atom is -0.379 e. The van der Waals surface area contributed by atoms with E-state index in [0.717, 1.165) is 6.26 Å². The summed E-state index contributed by atoms with van der Waals surface area (Å²) < 4.78 is 30.5. The summed E-state index contributed by atoms with van der Waals surface area (Å²) >= 11 is 0. The number of benzene rings is 1. The van der Waals surface area contributed by atoms with E-state index < -0.39 is 9.84 Å². The second-order valence-corrected chi connectivity index (χ2v) is 8.96. The number of anilines is 2. The lowest BCUT2D eigenvalue weighted by atomic mass is 9.96. The van der Waals surface area contributed by atoms with Crippen LogP contribution in [0.4, 0.5) is 11.5 Å². The number of sulfone groups is 1. The van der Waals surface area contributed by atoms with Crippen molar-refractivity contribution in [1.82, 2.24) is 14.8 Å². The number of ether oxygens (including phenoxy) is 1. The molecule has 0 bridgehead atoms. The lowest BCUT2D eigenvalue weighted by Crippen LogP contribution is -2.30. The van der Waals surface area contributed by atoms with E-state index in [2.05, 4.69) is 21.5 Å². The molecule has 29 heavy (non-hydrogen) atoms. The predicted molar refractivity (Wildman–Crippen MR) is 107 cm³/mol. The SMILES string of the molecule is CS(=O)(=O)c1ccc(Nc2nn([C@@H]3COCC[C@H]3C#N)c3cc[nH]c(=O)c23)cc1. The maximum atomic E-state index is 12.5. The van der Waals surface area contributed by atoms with Crippen LogP contribution >= 0.6 is 0 Å². The first-order valence-electron chi connectivity index (χ1n) is 9.03. The van der Waals surface area contributed by atoms with Crippen LogP contribution in [-0.4, -0.2) is 42.7 Å². The third kappa shape index (κ3) is 3.62. The van der Waals surface area contributed by atoms with Crippen molar-refractivity contribution >= 4 is 32.2 Å². The lowest BCUT2D eigenvalue weighted by molar-refractivity contribution is 0.0359. The highest BCUT2D eigenvalue weighted by atomic mass is 32.2. The number of nitriles is 1. The number of hydrogen-bond acceptors (Lipinski definition) is 7. The van der Waals surface area contributed by atoms with Crippen molar-refractivity contribution in [1.29, 1.82) is 5.26 Å². The van der Waals surface area contributed by atoms with Crippen LogP contribution in [0.1, 0.15) is 12.5 Å². The summed E-state index contributed by atoms with van der Waals surface area (Å²) in [5.41, 5.74) is 0.873. The van der Waals surface area contributed by atoms with Crippen molar-refractivity contribution in [3.63, 3.8) is 0 Å². The highest BCUT2D eigenvalue weighted by molar-refractivity contribution is 7.90. The van der Waals surface area contributed by atoms with Crippen LogP contribution in [0.3, 0.4) is 0 Å². The summed E-state index contributed by atoms with van der Waals surface area (Å²) in [5.74, 6) is 0.0595. The average Bonchev–Trinajstić information content (AvgIpc) is 3.07. The van der Waals surface area contributed by atoms with Gasteiger partial charge in [-0.15, -0.1) is 0 Å². The topological polar surface area (TPSA) is 130 Å². The molecule has 0 aliphatic carbocycles. The number of rotatable bonds is 4. The Labute approximate surface area is 166 Å². The molecule has 1 aliphatic rings. The summed E-state index contributed by atoms with van der Waals surface area (Å²) in [7, 11) is -3.30. The Bertz CT molecular complexity index is 1250. The third-order valence-corrected chi connectivity index (χ3v) is 6.11. The molecule has 1 aliphatic heterocycles. The van der Waals surface area contributed by atoms with E-state index in [0.29, 0.717) is 42.0 Å². The Morgan fingerprint density at radius 2 is 2.07 bits per heavy atom. The summed E-state index contributed by atoms with van der Waals surface area (Å²) in [6.07, 6.45) is 3.28. The molecule has 0 radical (unpaired) electrons. The van der Waals surface area contributed by atoms with Crippen LogP contribution in [0.25, 0.3) is 10.9 Å². The van der Waals surface area contributed by atoms with E-state index in [-0.39, 0.29) is 22.4 Å². The summed E-state index contributed by atoms with van der Waals surface area (Å²) in [6, 6.07) is 9.94. The fraction of sp³-hybridized carbons (Fsp3) is 0.316. The van der Waals surface area contributed by atoms with Gasteiger partial charge >= 0.3 is 0 Å². The maximum Gasteiger partial charge on any atom is 0.261 e. The molecule has 1 fully saturated rings. The molecule has 9 nitrogen and oxygen atoms in total. The largest absolute Gasteiger partial charge is 0.379 e. The number of hydrogen-bond donors (Lipinski definition) is 2. The molecule has 150 valence electrons. The van der Waals surface area contributed by atoms with Crippen LogP contribution in [0.2, 0.25) is 0 Å². The second kappa shape index (κ2) is 7.35. The predicted octanol–water partition coefficient (Wildman–Crippen LogP) is 1.97. The van der Waals surface area contributed by atoms with Crippen LogP contribution in [0.15, 0.2) is 46.2 Å². The Hall–Kier alpha value is -3.16. The molecule has 1 aromatic carbocycles. The van der Waals surface area contributed by atoms with Crippen molar-refractivity contribution in [2.45, 2.75) is 17.4 Å². The average molecular weight is 413 g/mol. The number of pyridine rings is 1. The first-order chi connectivity index (χ1) is 13.9. The standard InChI is InChI=1S/C19H19N5O4S/c1-29(26,27)14-4-2-13(3-5-14)22-18-17-15(6-8-21-19(17)25)24(23-18)16-11-28-9-7-12(16)10-20/h2-6,8,12,16H,7,9,11H2,1H3,(H,21,25)(H,22,23)/t12-,16+/m0/s1. The zero-order valence-corrected chi connectivity index (χ0v) is 16.4. The molecule has 2 atom stereocenters. The molecule has 0 amide bonds. The van der Waals surface area contributed by atoms with Gasteiger partial charge in [0.25, 0.3) is 5.56 Å². The molecule has 4 rings (SSSR count). The Kier molecular flexibility index (Phi) is 4.86. The van der Waals surface area contributed by atoms with E-state index >= 15 is 0 Å². The molecular weight excluding hydrogens is 394 g/mol. The molecular formula is C19H19N5O4S. The van der Waals surface area contributed by atoms with Gasteiger partial charge in [0.2, 0.25) is 0 Å². The summed E-state index contributed by atoms with van der Waals surface area (Å²) in [5, 5.41) is 17.5. The Balaban J connectivity index is 1.77. The monoisotopic (exact) mass is 413 g/mol. The Morgan fingerprint density at radius 3 is 2.76 bits per heavy atom. The third-order valence-electron chi connectivity index (χ3n) is 4.98. The summed E-state index contributed by atoms with van der Waals surface area (Å²) in [4.78, 5) is 15.3. The first-order valence-corrected chi connectivity index (χ1v) is 10.9. The van der Waals surface area contributed by atoms with Crippen LogP contribution in [-0.2, 0) is 14.6 Å². The fourth-order valence-corrected chi connectivity index (χ4v) is 4.11. The number of aromatic nitrogens is 3. The fourth-order valence-electron chi connectivity index (χ4n) is 3.48. The number of fused-ring (bicyclic) bond motifs is 1. The normalized spacial score (nSPS) is 19.7. The van der Waals surface area contributed by atoms with E-state index in [9.17, 15) is 18.5 Å². The molecule has 3 heterocycles. The molecule has 2 aromatic heterocycles. The molecule has 3 aromatic rings. The number of H-pyrrole nitrogens is 1. The highest BCUT2D eigenvalue weighted by Crippen LogP contribution is 2.31. The van der Waals surface area contributed by atoms with Gasteiger partial charge in [0, 0.05) is 24.7 Å². The second-order valence-electron chi connectivity index (χ2n) is 6.95. The van der Waals surface area contributed by atoms with E-state index in [4.69, 9.17) is 4.74 Å². The van der Waals surface area contributed by atoms with Gasteiger partial charge in [-0.25, -0.2) is 8.42 Å². The van der Waals surface area contributed by atoms with E-state index in [1.165, 1.54) is 12.1 Å². The number of nitrogens with zero attached hydrogens (tertiary/aromatic N) is 3. The number of aromatic amines is 1. The van der Waals surface area contributed by atoms with Gasteiger partial charge in [0.1, 0.15) is 5.39 Å². The quantitative estimate of drug-likeness (QED) is 0.669. The van der Waals surface area contributed by atoms with Gasteiger partial charge in [-0.05, 0) is 36.8 Å². The van der Waals surface area contributed by atoms with Crippen molar-refractivity contribution in [3.05, 3.63) is 46.9 Å². The van der Waals surface area contributed by atoms with Gasteiger partial charge in [-0.3, -0.25) is 9.48 Å². The van der Waals surface area contributed by atoms with Gasteiger partial charge < -0.3 is 15.0 Å². The molecule has 10 heteroatoms. The summed E-state index contributed by atoms with van der Waals surface area (Å²) in [6.45, 7) is 0.858. The van der Waals surface area contributed by atoms with Gasteiger partial charge in [0.05, 0.1) is 35.0 Å². The molecule has 0 unspecified atom stereocenters. The van der Waals surface area contributed by atoms with Gasteiger partial charge in [0.15, 0.2) is 15.7 Å². The van der Waals surface area contributed by atoms with Crippen molar-refractivity contribution in [2.24, 2.45) is 5.92 Å². The van der Waals surface area contributed by atoms with Crippen LogP contribution in [0, 0.1) is 17.2 Å². The molecule has 0 saturated carbocycles. The van der Waals surface area contributed by atoms with E-state index in [1.54, 1.807) is 29.1 Å². The van der Waals surface area contributed by atoms with Crippen LogP contribution in [0.5, 0.6) is 0 Å². The van der Waals surface area contributed by atoms with Crippen molar-refractivity contribution < 1.29 is 13.2 Å². The maximum absolute atomic E-state index is 12.5. The molecule has 1 saturated heterocycles. The number of nitrogens with one attached hydrogen (secondary N) is 2. The molecule has 2 N–H and O–H groups in total. The van der Waals surface area contributed by atoms with Gasteiger partial charge in [-0.1, -0.05) is 0 Å². The smallest absolute Gasteiger partial charge is 0.261 e. The Morgan fingerprint density at radius 1 is 1.31 bits per heavy atom. The zero-order valence-electron chi connectivity index (χ0n) is 15.6.